The van der Waals surface area contributed by atoms with Gasteiger partial charge in [0.2, 0.25) is 5.79 Å². The van der Waals surface area contributed by atoms with Gasteiger partial charge in [-0.05, 0) is 63.4 Å². The number of ether oxygens (including phenoxy) is 6. The van der Waals surface area contributed by atoms with Crippen LogP contribution in [0.5, 0.6) is 5.75 Å². The Kier molecular flexibility index (Phi) is 14.7. The fraction of sp³-hybridized carbons (Fsp3) is 0.294. The average Bonchev–Trinajstić information content (AvgIpc) is 3.31. The number of benzene rings is 6. The van der Waals surface area contributed by atoms with E-state index in [1.54, 1.807) is 23.5 Å². The normalized spacial score (nSPS) is 22.6. The van der Waals surface area contributed by atoms with Crippen LogP contribution in [-0.2, 0) is 60.8 Å². The molecule has 310 valence electrons. The van der Waals surface area contributed by atoms with Crippen LogP contribution in [0.3, 0.4) is 0 Å². The zero-order valence-corrected chi connectivity index (χ0v) is 35.3. The van der Waals surface area contributed by atoms with Crippen molar-refractivity contribution in [2.45, 2.75) is 73.7 Å². The standard InChI is InChI=1S/C51H52O7S2/c52-50(51(59-31-16-32-60-51)44-27-29-45(30-28-44)54-34-40-19-8-2-9-20-40)49(57-37-43-25-14-5-15-26-43)48(56-36-42-23-12-4-13-24-42)47(55-35-41-21-10-3-11-22-41)46(58-50)38-53-33-39-17-6-1-7-18-39/h1-15,17-30,46-49,52H,16,31-38H2/t46-,47-,48+,49-,50-/m1/s1. The van der Waals surface area contributed by atoms with Crippen LogP contribution in [0.1, 0.15) is 39.8 Å². The molecule has 0 aromatic heterocycles. The molecule has 0 aliphatic carbocycles. The monoisotopic (exact) mass is 840 g/mol. The number of hydrogen-bond donors (Lipinski definition) is 1. The van der Waals surface area contributed by atoms with Gasteiger partial charge in [-0.2, -0.15) is 0 Å². The van der Waals surface area contributed by atoms with E-state index >= 15 is 0 Å². The summed E-state index contributed by atoms with van der Waals surface area (Å²) in [5.41, 5.74) is 6.00. The van der Waals surface area contributed by atoms with Crippen molar-refractivity contribution in [2.24, 2.45) is 0 Å². The van der Waals surface area contributed by atoms with Gasteiger partial charge < -0.3 is 33.5 Å². The van der Waals surface area contributed by atoms with Crippen LogP contribution in [0.15, 0.2) is 176 Å². The first-order chi connectivity index (χ1) is 29.6. The van der Waals surface area contributed by atoms with Crippen molar-refractivity contribution in [1.29, 1.82) is 0 Å². The lowest BCUT2D eigenvalue weighted by molar-refractivity contribution is -0.374. The van der Waals surface area contributed by atoms with Crippen molar-refractivity contribution >= 4 is 23.5 Å². The molecule has 6 aromatic carbocycles. The Balaban J connectivity index is 1.20. The van der Waals surface area contributed by atoms with E-state index in [9.17, 15) is 5.11 Å². The Morgan fingerprint density at radius 1 is 0.500 bits per heavy atom. The molecule has 0 bridgehead atoms. The van der Waals surface area contributed by atoms with Crippen LogP contribution in [0.2, 0.25) is 0 Å². The van der Waals surface area contributed by atoms with Gasteiger partial charge in [-0.1, -0.05) is 164 Å². The van der Waals surface area contributed by atoms with E-state index in [-0.39, 0.29) is 19.8 Å². The minimum atomic E-state index is -1.93. The molecule has 0 saturated carbocycles. The summed E-state index contributed by atoms with van der Waals surface area (Å²) in [6.45, 7) is 1.76. The summed E-state index contributed by atoms with van der Waals surface area (Å²) in [7, 11) is 0. The first kappa shape index (κ1) is 42.3. The fourth-order valence-corrected chi connectivity index (χ4v) is 11.3. The van der Waals surface area contributed by atoms with E-state index in [0.717, 1.165) is 57.1 Å². The second-order valence-electron chi connectivity index (χ2n) is 15.1. The maximum absolute atomic E-state index is 13.9. The third-order valence-corrected chi connectivity index (χ3v) is 14.4. The second kappa shape index (κ2) is 20.9. The molecule has 9 heteroatoms. The summed E-state index contributed by atoms with van der Waals surface area (Å²) in [6, 6.07) is 58.5. The molecular weight excluding hydrogens is 789 g/mol. The molecule has 5 atom stereocenters. The lowest BCUT2D eigenvalue weighted by Crippen LogP contribution is -2.72. The van der Waals surface area contributed by atoms with Crippen LogP contribution < -0.4 is 4.74 Å². The molecule has 0 spiro atoms. The molecule has 0 amide bonds. The predicted octanol–water partition coefficient (Wildman–Crippen LogP) is 10.3. The predicted molar refractivity (Wildman–Crippen MR) is 239 cm³/mol. The summed E-state index contributed by atoms with van der Waals surface area (Å²) >= 11 is 3.38. The van der Waals surface area contributed by atoms with Gasteiger partial charge in [0.05, 0.1) is 33.0 Å². The van der Waals surface area contributed by atoms with Crippen molar-refractivity contribution in [1.82, 2.24) is 0 Å². The van der Waals surface area contributed by atoms with Gasteiger partial charge in [-0.3, -0.25) is 0 Å². The van der Waals surface area contributed by atoms with Crippen LogP contribution in [0, 0.1) is 0 Å². The molecule has 2 aliphatic heterocycles. The van der Waals surface area contributed by atoms with Gasteiger partial charge in [0.15, 0.2) is 0 Å². The van der Waals surface area contributed by atoms with Gasteiger partial charge in [0.25, 0.3) is 0 Å². The molecule has 8 rings (SSSR count). The van der Waals surface area contributed by atoms with E-state index in [2.05, 4.69) is 24.3 Å². The highest BCUT2D eigenvalue weighted by molar-refractivity contribution is 8.18. The molecule has 6 aromatic rings. The fourth-order valence-electron chi connectivity index (χ4n) is 7.74. The zero-order valence-electron chi connectivity index (χ0n) is 33.6. The maximum atomic E-state index is 13.9. The van der Waals surface area contributed by atoms with Gasteiger partial charge in [0.1, 0.15) is 40.9 Å². The van der Waals surface area contributed by atoms with Gasteiger partial charge >= 0.3 is 0 Å². The van der Waals surface area contributed by atoms with E-state index in [0.29, 0.717) is 19.8 Å². The third kappa shape index (κ3) is 10.4. The molecule has 0 unspecified atom stereocenters. The lowest BCUT2D eigenvalue weighted by Gasteiger charge is -2.57. The molecule has 2 heterocycles. The Morgan fingerprint density at radius 2 is 0.933 bits per heavy atom. The second-order valence-corrected chi connectivity index (χ2v) is 17.9. The van der Waals surface area contributed by atoms with Crippen LogP contribution in [-0.4, -0.2) is 53.4 Å². The molecule has 0 radical (unpaired) electrons. The Labute approximate surface area is 362 Å². The van der Waals surface area contributed by atoms with Crippen molar-refractivity contribution in [3.8, 4) is 5.75 Å². The maximum Gasteiger partial charge on any atom is 0.224 e. The Bertz CT molecular complexity index is 2140. The average molecular weight is 841 g/mol. The van der Waals surface area contributed by atoms with Crippen LogP contribution in [0.25, 0.3) is 0 Å². The SMILES string of the molecule is O[C@@]1(C2(c3ccc(OCc4ccccc4)cc3)SCCCS2)O[C@H](COCc2ccccc2)[C@@H](OCc2ccccc2)[C@H](OCc2ccccc2)[C@H]1OCc1ccccc1. The molecule has 2 fully saturated rings. The topological polar surface area (TPSA) is 75.6 Å². The first-order valence-electron chi connectivity index (χ1n) is 20.6. The number of rotatable bonds is 18. The molecular formula is C51H52O7S2. The minimum absolute atomic E-state index is 0.144. The van der Waals surface area contributed by atoms with E-state index in [1.807, 2.05) is 152 Å². The van der Waals surface area contributed by atoms with Crippen molar-refractivity contribution in [3.05, 3.63) is 209 Å². The Morgan fingerprint density at radius 3 is 1.43 bits per heavy atom. The zero-order chi connectivity index (χ0) is 40.9. The van der Waals surface area contributed by atoms with E-state index < -0.39 is 34.3 Å². The Hall–Kier alpha value is -4.42. The summed E-state index contributed by atoms with van der Waals surface area (Å²) < 4.78 is 39.9. The number of hydrogen-bond acceptors (Lipinski definition) is 9. The van der Waals surface area contributed by atoms with Gasteiger partial charge in [0, 0.05) is 0 Å². The minimum Gasteiger partial charge on any atom is -0.489 e. The van der Waals surface area contributed by atoms with Crippen LogP contribution in [0.4, 0.5) is 0 Å². The van der Waals surface area contributed by atoms with E-state index in [1.165, 1.54) is 0 Å². The summed E-state index contributed by atoms with van der Waals surface area (Å²) in [5.74, 6) is 0.436. The lowest BCUT2D eigenvalue weighted by atomic mass is 9.87. The van der Waals surface area contributed by atoms with Gasteiger partial charge in [-0.25, -0.2) is 0 Å². The largest absolute Gasteiger partial charge is 0.489 e. The van der Waals surface area contributed by atoms with Crippen molar-refractivity contribution < 1.29 is 33.5 Å². The highest BCUT2D eigenvalue weighted by Crippen LogP contribution is 2.61. The van der Waals surface area contributed by atoms with Crippen molar-refractivity contribution in [2.75, 3.05) is 18.1 Å². The number of aliphatic hydroxyl groups is 1. The molecule has 60 heavy (non-hydrogen) atoms. The van der Waals surface area contributed by atoms with Crippen molar-refractivity contribution in [3.63, 3.8) is 0 Å². The molecule has 2 aliphatic rings. The highest BCUT2D eigenvalue weighted by Gasteiger charge is 2.67. The number of thioether (sulfide) groups is 2. The highest BCUT2D eigenvalue weighted by atomic mass is 32.2. The quantitative estimate of drug-likeness (QED) is 0.0911. The first-order valence-corrected chi connectivity index (χ1v) is 22.6. The smallest absolute Gasteiger partial charge is 0.224 e. The van der Waals surface area contributed by atoms with Crippen LogP contribution >= 0.6 is 23.5 Å². The molecule has 7 nitrogen and oxygen atoms in total. The summed E-state index contributed by atoms with van der Waals surface area (Å²) in [5, 5.41) is 13.9. The summed E-state index contributed by atoms with van der Waals surface area (Å²) in [6.07, 6.45) is -2.22. The molecule has 2 saturated heterocycles. The van der Waals surface area contributed by atoms with Gasteiger partial charge in [-0.15, -0.1) is 23.5 Å². The third-order valence-electron chi connectivity index (χ3n) is 10.8. The molecule has 1 N–H and O–H groups in total. The summed E-state index contributed by atoms with van der Waals surface area (Å²) in [4.78, 5) is 0. The van der Waals surface area contributed by atoms with E-state index in [4.69, 9.17) is 28.4 Å².